The van der Waals surface area contributed by atoms with E-state index in [0.717, 1.165) is 28.3 Å². The van der Waals surface area contributed by atoms with Gasteiger partial charge in [0.25, 0.3) is 0 Å². The first-order valence-corrected chi connectivity index (χ1v) is 10.0. The molecule has 0 aliphatic heterocycles. The van der Waals surface area contributed by atoms with E-state index in [0.29, 0.717) is 16.9 Å². The van der Waals surface area contributed by atoms with Gasteiger partial charge in [-0.25, -0.2) is 9.50 Å². The number of fused-ring (bicyclic) bond motifs is 1. The molecule has 3 aromatic heterocycles. The van der Waals surface area contributed by atoms with Gasteiger partial charge >= 0.3 is 0 Å². The molecule has 0 saturated heterocycles. The van der Waals surface area contributed by atoms with E-state index in [1.807, 2.05) is 41.0 Å². The zero-order valence-corrected chi connectivity index (χ0v) is 17.4. The molecule has 1 aromatic carbocycles. The molecule has 1 N–H and O–H groups in total. The Morgan fingerprint density at radius 2 is 1.82 bits per heavy atom. The van der Waals surface area contributed by atoms with Crippen molar-refractivity contribution in [3.05, 3.63) is 47.9 Å². The summed E-state index contributed by atoms with van der Waals surface area (Å²) in [7, 11) is 0. The van der Waals surface area contributed by atoms with Crippen LogP contribution in [0.3, 0.4) is 0 Å². The predicted octanol–water partition coefficient (Wildman–Crippen LogP) is 6.02. The van der Waals surface area contributed by atoms with Crippen LogP contribution in [-0.4, -0.2) is 24.0 Å². The lowest BCUT2D eigenvalue weighted by atomic mass is 9.91. The van der Waals surface area contributed by atoms with Gasteiger partial charge < -0.3 is 0 Å². The molecule has 0 saturated carbocycles. The molecule has 0 aliphatic carbocycles. The number of nitrogens with one attached hydrogen (secondary N) is 1. The van der Waals surface area contributed by atoms with Gasteiger partial charge in [-0.2, -0.15) is 9.36 Å². The molecule has 0 atom stereocenters. The quantitative estimate of drug-likeness (QED) is 0.430. The number of imidazole rings is 1. The van der Waals surface area contributed by atoms with Crippen LogP contribution in [0.1, 0.15) is 51.9 Å². The Morgan fingerprint density at radius 1 is 1.07 bits per heavy atom. The molecule has 144 valence electrons. The fourth-order valence-corrected chi connectivity index (χ4v) is 3.40. The van der Waals surface area contributed by atoms with Crippen molar-refractivity contribution in [2.24, 2.45) is 10.2 Å². The molecule has 0 aliphatic rings. The summed E-state index contributed by atoms with van der Waals surface area (Å²) < 4.78 is 6.33. The Kier molecular flexibility index (Phi) is 4.58. The third-order valence-electron chi connectivity index (χ3n) is 4.43. The van der Waals surface area contributed by atoms with Gasteiger partial charge in [-0.1, -0.05) is 65.0 Å². The number of azo groups is 1. The van der Waals surface area contributed by atoms with Crippen LogP contribution < -0.4 is 0 Å². The van der Waals surface area contributed by atoms with Crippen molar-refractivity contribution < 1.29 is 0 Å². The number of aromatic nitrogens is 5. The third kappa shape index (κ3) is 3.47. The molecule has 0 amide bonds. The van der Waals surface area contributed by atoms with E-state index in [1.165, 1.54) is 11.5 Å². The minimum Gasteiger partial charge on any atom is -0.294 e. The van der Waals surface area contributed by atoms with Gasteiger partial charge in [0.15, 0.2) is 17.2 Å². The van der Waals surface area contributed by atoms with Crippen molar-refractivity contribution in [3.8, 4) is 11.4 Å². The fourth-order valence-electron chi connectivity index (χ4n) is 2.89. The first kappa shape index (κ1) is 18.5. The number of aromatic amines is 1. The van der Waals surface area contributed by atoms with Gasteiger partial charge in [0, 0.05) is 22.5 Å². The van der Waals surface area contributed by atoms with Gasteiger partial charge in [-0.05, 0) is 5.92 Å². The highest BCUT2D eigenvalue weighted by atomic mass is 32.1. The Hall–Kier alpha value is -2.87. The molecule has 3 heterocycles. The summed E-state index contributed by atoms with van der Waals surface area (Å²) in [4.78, 5) is 9.25. The highest BCUT2D eigenvalue weighted by Crippen LogP contribution is 2.36. The van der Waals surface area contributed by atoms with Crippen LogP contribution in [0.25, 0.3) is 17.0 Å². The van der Waals surface area contributed by atoms with Crippen molar-refractivity contribution in [2.45, 2.75) is 46.0 Å². The molecule has 4 rings (SSSR count). The first-order valence-electron chi connectivity index (χ1n) is 9.25. The Morgan fingerprint density at radius 3 is 2.50 bits per heavy atom. The Balaban J connectivity index is 1.73. The maximum absolute atomic E-state index is 4.76. The number of hydrogen-bond acceptors (Lipinski definition) is 6. The second kappa shape index (κ2) is 6.94. The maximum atomic E-state index is 4.76. The molecule has 0 bridgehead atoms. The van der Waals surface area contributed by atoms with Crippen molar-refractivity contribution in [1.29, 1.82) is 0 Å². The molecular formula is C20H23N7S. The zero-order chi connectivity index (χ0) is 19.9. The average Bonchev–Trinajstić information content (AvgIpc) is 3.34. The molecule has 28 heavy (non-hydrogen) atoms. The zero-order valence-electron chi connectivity index (χ0n) is 16.6. The molecule has 0 fully saturated rings. The lowest BCUT2D eigenvalue weighted by Gasteiger charge is -2.16. The summed E-state index contributed by atoms with van der Waals surface area (Å²) in [5.41, 5.74) is 4.38. The van der Waals surface area contributed by atoms with Gasteiger partial charge in [-0.3, -0.25) is 5.10 Å². The predicted molar refractivity (Wildman–Crippen MR) is 112 cm³/mol. The highest BCUT2D eigenvalue weighted by molar-refractivity contribution is 7.09. The van der Waals surface area contributed by atoms with E-state index < -0.39 is 0 Å². The van der Waals surface area contributed by atoms with E-state index in [-0.39, 0.29) is 5.41 Å². The number of benzene rings is 1. The second-order valence-electron chi connectivity index (χ2n) is 8.07. The molecule has 7 nitrogen and oxygen atoms in total. The van der Waals surface area contributed by atoms with Crippen LogP contribution in [0, 0.1) is 0 Å². The average molecular weight is 394 g/mol. The number of H-pyrrole nitrogens is 1. The SMILES string of the molecule is CC(C)c1cn2[nH]c(C(C)(C)C)c(N=Nc3nc(-c4ccccc4)ns3)c2n1. The molecule has 0 radical (unpaired) electrons. The first-order chi connectivity index (χ1) is 13.3. The number of nitrogens with zero attached hydrogens (tertiary/aromatic N) is 6. The van der Waals surface area contributed by atoms with Gasteiger partial charge in [0.2, 0.25) is 5.13 Å². The molecule has 8 heteroatoms. The van der Waals surface area contributed by atoms with E-state index in [1.54, 1.807) is 0 Å². The van der Waals surface area contributed by atoms with E-state index in [9.17, 15) is 0 Å². The fraction of sp³-hybridized carbons (Fsp3) is 0.350. The van der Waals surface area contributed by atoms with Gasteiger partial charge in [0.1, 0.15) is 0 Å². The number of hydrogen-bond donors (Lipinski definition) is 1. The summed E-state index contributed by atoms with van der Waals surface area (Å²) in [5.74, 6) is 1.01. The van der Waals surface area contributed by atoms with Crippen LogP contribution in [0.5, 0.6) is 0 Å². The van der Waals surface area contributed by atoms with E-state index >= 15 is 0 Å². The van der Waals surface area contributed by atoms with Gasteiger partial charge in [-0.15, -0.1) is 10.2 Å². The normalized spacial score (nSPS) is 12.6. The lowest BCUT2D eigenvalue weighted by Crippen LogP contribution is -2.12. The smallest absolute Gasteiger partial charge is 0.249 e. The molecule has 0 unspecified atom stereocenters. The van der Waals surface area contributed by atoms with Crippen LogP contribution in [0.4, 0.5) is 10.8 Å². The highest BCUT2D eigenvalue weighted by Gasteiger charge is 2.25. The largest absolute Gasteiger partial charge is 0.294 e. The maximum Gasteiger partial charge on any atom is 0.249 e. The minimum atomic E-state index is -0.122. The van der Waals surface area contributed by atoms with Crippen LogP contribution in [0.15, 0.2) is 46.8 Å². The monoisotopic (exact) mass is 393 g/mol. The minimum absolute atomic E-state index is 0.122. The summed E-state index contributed by atoms with van der Waals surface area (Å²) in [5, 5.41) is 12.8. The number of rotatable bonds is 4. The van der Waals surface area contributed by atoms with Crippen molar-refractivity contribution in [1.82, 2.24) is 24.0 Å². The van der Waals surface area contributed by atoms with Crippen molar-refractivity contribution >= 4 is 28.0 Å². The van der Waals surface area contributed by atoms with Crippen molar-refractivity contribution in [3.63, 3.8) is 0 Å². The van der Waals surface area contributed by atoms with E-state index in [4.69, 9.17) is 4.98 Å². The van der Waals surface area contributed by atoms with Crippen molar-refractivity contribution in [2.75, 3.05) is 0 Å². The third-order valence-corrected chi connectivity index (χ3v) is 5.03. The summed E-state index contributed by atoms with van der Waals surface area (Å²) in [6, 6.07) is 9.86. The second-order valence-corrected chi connectivity index (χ2v) is 8.80. The van der Waals surface area contributed by atoms with Crippen LogP contribution in [-0.2, 0) is 5.41 Å². The van der Waals surface area contributed by atoms with Gasteiger partial charge in [0.05, 0.1) is 17.6 Å². The molecule has 0 spiro atoms. The summed E-state index contributed by atoms with van der Waals surface area (Å²) in [6.45, 7) is 10.7. The van der Waals surface area contributed by atoms with E-state index in [2.05, 4.69) is 59.3 Å². The Labute approximate surface area is 167 Å². The molecular weight excluding hydrogens is 370 g/mol. The standard InChI is InChI=1S/C20H23N7S/c1-12(2)14-11-27-18(21-14)15(16(25-27)20(3,4)5)23-24-19-22-17(26-28-19)13-9-7-6-8-10-13/h6-12,25H,1-5H3. The van der Waals surface area contributed by atoms with Crippen LogP contribution >= 0.6 is 11.5 Å². The van der Waals surface area contributed by atoms with Crippen LogP contribution in [0.2, 0.25) is 0 Å². The summed E-state index contributed by atoms with van der Waals surface area (Å²) in [6.07, 6.45) is 2.02. The summed E-state index contributed by atoms with van der Waals surface area (Å²) >= 11 is 1.24. The molecule has 4 aromatic rings. The lowest BCUT2D eigenvalue weighted by molar-refractivity contribution is 0.563. The Bertz CT molecular complexity index is 1130. The topological polar surface area (TPSA) is 83.6 Å².